The van der Waals surface area contributed by atoms with Gasteiger partial charge in [-0.3, -0.25) is 15.0 Å². The molecule has 1 aromatic carbocycles. The first kappa shape index (κ1) is 42.9. The Morgan fingerprint density at radius 1 is 0.849 bits per heavy atom. The summed E-state index contributed by atoms with van der Waals surface area (Å²) in [5.74, 6) is 0.421. The van der Waals surface area contributed by atoms with Gasteiger partial charge in [0.2, 0.25) is 12.4 Å². The average Bonchev–Trinajstić information content (AvgIpc) is 3.14. The van der Waals surface area contributed by atoms with Crippen molar-refractivity contribution in [3.63, 3.8) is 0 Å². The number of ether oxygens (including phenoxy) is 10. The van der Waals surface area contributed by atoms with Crippen molar-refractivity contribution in [3.8, 4) is 18.1 Å². The molecule has 19 nitrogen and oxygen atoms in total. The van der Waals surface area contributed by atoms with Gasteiger partial charge < -0.3 is 47.4 Å². The number of esters is 1. The topological polar surface area (TPSA) is 224 Å². The quantitative estimate of drug-likeness (QED) is 0.0279. The maximum atomic E-state index is 13.3. The number of terminal acetylenes is 1. The third-order valence-corrected chi connectivity index (χ3v) is 6.52. The van der Waals surface area contributed by atoms with Gasteiger partial charge in [-0.15, -0.1) is 18.0 Å². The number of nitro benzene ring substituents is 1. The summed E-state index contributed by atoms with van der Waals surface area (Å²) in [7, 11) is 0. The fourth-order valence-corrected chi connectivity index (χ4v) is 4.23. The third-order valence-electron chi connectivity index (χ3n) is 6.23. The van der Waals surface area contributed by atoms with Gasteiger partial charge in [0.05, 0.1) is 17.5 Å². The monoisotopic (exact) mass is 766 g/mol. The second kappa shape index (κ2) is 22.5. The summed E-state index contributed by atoms with van der Waals surface area (Å²) in [6, 6.07) is 3.01. The summed E-state index contributed by atoms with van der Waals surface area (Å²) in [5, 5.41) is 12.2. The highest BCUT2D eigenvalue weighted by Crippen LogP contribution is 2.35. The molecule has 0 bridgehead atoms. The molecule has 1 aromatic rings. The van der Waals surface area contributed by atoms with Gasteiger partial charge in [-0.05, 0) is 11.6 Å². The van der Waals surface area contributed by atoms with Crippen LogP contribution in [0.1, 0.15) is 5.56 Å². The van der Waals surface area contributed by atoms with E-state index in [2.05, 4.69) is 32.2 Å². The molecule has 2 rings (SSSR count). The maximum Gasteiger partial charge on any atom is 0.509 e. The standard InChI is InChI=1S/C33H35ClN2O17/c1-6-13-35(20-34)30(38)48-19-21-11-12-23(22(18-21)36(42)43)49-29-27(53-33(41)47-17-10-5)25(52-32(40)46-16-9-4)24(51-31(39)45-15-8-3)26(50-29)28(37)44-14-7-2/h1,7-12,18,24-27,29H,2-5,13-17,19-20H2/t24-,25-,26-,27+,29+/m0/s1. The molecule has 53 heavy (non-hydrogen) atoms. The first-order valence-corrected chi connectivity index (χ1v) is 15.6. The Morgan fingerprint density at radius 2 is 1.38 bits per heavy atom. The SMILES string of the molecule is C#CCN(CCl)C(=O)OCc1ccc(O[C@@H]2O[C@H](C(=O)OCC=C)[C@@H](OC(=O)OCC=C)[C@H](OC(=O)OCC=C)[C@H]2OC(=O)OCC=C)c([N+](=O)[O-])c1. The fourth-order valence-electron chi connectivity index (χ4n) is 4.05. The Labute approximate surface area is 307 Å². The van der Waals surface area contributed by atoms with Crippen LogP contribution in [-0.2, 0) is 54.0 Å². The van der Waals surface area contributed by atoms with Crippen LogP contribution >= 0.6 is 11.6 Å². The van der Waals surface area contributed by atoms with E-state index in [-0.39, 0.29) is 44.5 Å². The van der Waals surface area contributed by atoms with Crippen molar-refractivity contribution in [1.29, 1.82) is 0 Å². The van der Waals surface area contributed by atoms with Crippen molar-refractivity contribution >= 4 is 47.8 Å². The molecule has 1 fully saturated rings. The van der Waals surface area contributed by atoms with E-state index in [1.165, 1.54) is 30.4 Å². The lowest BCUT2D eigenvalue weighted by molar-refractivity contribution is -0.387. The molecule has 1 aliphatic heterocycles. The van der Waals surface area contributed by atoms with E-state index >= 15 is 0 Å². The number of rotatable bonds is 19. The summed E-state index contributed by atoms with van der Waals surface area (Å²) in [4.78, 5) is 76.0. The summed E-state index contributed by atoms with van der Waals surface area (Å²) in [6.07, 6.45) is -5.52. The smallest absolute Gasteiger partial charge is 0.459 e. The van der Waals surface area contributed by atoms with E-state index in [0.29, 0.717) is 0 Å². The molecule has 0 unspecified atom stereocenters. The second-order valence-corrected chi connectivity index (χ2v) is 10.1. The van der Waals surface area contributed by atoms with Crippen molar-refractivity contribution < 1.29 is 76.3 Å². The molecule has 1 aliphatic rings. The molecule has 0 spiro atoms. The van der Waals surface area contributed by atoms with Gasteiger partial charge in [-0.2, -0.15) is 0 Å². The highest BCUT2D eigenvalue weighted by molar-refractivity contribution is 6.18. The number of hydrogen-bond acceptors (Lipinski definition) is 17. The minimum atomic E-state index is -2.09. The molecule has 0 saturated carbocycles. The Hall–Kier alpha value is -6.26. The van der Waals surface area contributed by atoms with Crippen LogP contribution in [0.15, 0.2) is 68.8 Å². The Kier molecular flexibility index (Phi) is 18.2. The molecular weight excluding hydrogens is 732 g/mol. The van der Waals surface area contributed by atoms with Gasteiger partial charge in [-0.25, -0.2) is 24.0 Å². The number of halogens is 1. The normalized spacial score (nSPS) is 18.6. The van der Waals surface area contributed by atoms with E-state index in [9.17, 15) is 34.1 Å². The number of nitrogens with zero attached hydrogens (tertiary/aromatic N) is 2. The van der Waals surface area contributed by atoms with Crippen LogP contribution in [0.2, 0.25) is 0 Å². The van der Waals surface area contributed by atoms with E-state index < -0.39 is 84.2 Å². The molecule has 5 atom stereocenters. The molecule has 1 saturated heterocycles. The lowest BCUT2D eigenvalue weighted by Crippen LogP contribution is -2.64. The lowest BCUT2D eigenvalue weighted by atomic mass is 9.98. The van der Waals surface area contributed by atoms with E-state index in [0.717, 1.165) is 17.0 Å². The average molecular weight is 767 g/mol. The van der Waals surface area contributed by atoms with Crippen molar-refractivity contribution in [2.45, 2.75) is 37.3 Å². The van der Waals surface area contributed by atoms with Gasteiger partial charge in [0, 0.05) is 6.07 Å². The zero-order chi connectivity index (χ0) is 39.3. The minimum Gasteiger partial charge on any atom is -0.459 e. The second-order valence-electron chi connectivity index (χ2n) is 9.89. The van der Waals surface area contributed by atoms with Crippen LogP contribution in [-0.4, -0.2) is 110 Å². The Balaban J connectivity index is 2.66. The fraction of sp³-hybridized carbons (Fsp3) is 0.364. The molecule has 0 aromatic heterocycles. The molecule has 0 radical (unpaired) electrons. The molecule has 20 heteroatoms. The van der Waals surface area contributed by atoms with Gasteiger partial charge in [0.1, 0.15) is 33.0 Å². The van der Waals surface area contributed by atoms with Crippen LogP contribution in [0.4, 0.5) is 24.9 Å². The van der Waals surface area contributed by atoms with Crippen molar-refractivity contribution in [2.24, 2.45) is 0 Å². The predicted molar refractivity (Wildman–Crippen MR) is 179 cm³/mol. The highest BCUT2D eigenvalue weighted by atomic mass is 35.5. The lowest BCUT2D eigenvalue weighted by Gasteiger charge is -2.42. The van der Waals surface area contributed by atoms with Gasteiger partial charge in [-0.1, -0.05) is 62.6 Å². The number of amides is 1. The number of carbonyl (C=O) groups excluding carboxylic acids is 5. The maximum absolute atomic E-state index is 13.3. The molecule has 1 amide bonds. The summed E-state index contributed by atoms with van der Waals surface area (Å²) < 4.78 is 52.4. The van der Waals surface area contributed by atoms with Gasteiger partial charge in [0.25, 0.3) is 0 Å². The molecule has 286 valence electrons. The predicted octanol–water partition coefficient (Wildman–Crippen LogP) is 4.32. The van der Waals surface area contributed by atoms with Crippen molar-refractivity contribution in [2.75, 3.05) is 39.0 Å². The molecular formula is C33H35ClN2O17. The first-order valence-electron chi connectivity index (χ1n) is 15.0. The number of benzene rings is 1. The Bertz CT molecular complexity index is 1560. The number of carbonyl (C=O) groups is 5. The summed E-state index contributed by atoms with van der Waals surface area (Å²) >= 11 is 5.70. The minimum absolute atomic E-state index is 0.0987. The molecule has 0 aliphatic carbocycles. The van der Waals surface area contributed by atoms with E-state index in [1.807, 2.05) is 0 Å². The van der Waals surface area contributed by atoms with Crippen LogP contribution in [0, 0.1) is 22.5 Å². The van der Waals surface area contributed by atoms with Gasteiger partial charge in [0.15, 0.2) is 24.1 Å². The van der Waals surface area contributed by atoms with Gasteiger partial charge >= 0.3 is 36.2 Å². The number of hydrogen-bond donors (Lipinski definition) is 0. The number of nitro groups is 1. The van der Waals surface area contributed by atoms with Crippen LogP contribution in [0.25, 0.3) is 0 Å². The van der Waals surface area contributed by atoms with Crippen LogP contribution in [0.5, 0.6) is 5.75 Å². The molecule has 0 N–H and O–H groups in total. The molecule has 1 heterocycles. The van der Waals surface area contributed by atoms with Crippen LogP contribution in [0.3, 0.4) is 0 Å². The van der Waals surface area contributed by atoms with Crippen molar-refractivity contribution in [1.82, 2.24) is 4.90 Å². The van der Waals surface area contributed by atoms with Crippen LogP contribution < -0.4 is 4.74 Å². The van der Waals surface area contributed by atoms with Crippen molar-refractivity contribution in [3.05, 3.63) is 84.5 Å². The number of alkyl halides is 1. The Morgan fingerprint density at radius 3 is 1.89 bits per heavy atom. The first-order chi connectivity index (χ1) is 25.4. The largest absolute Gasteiger partial charge is 0.509 e. The van der Waals surface area contributed by atoms with E-state index in [1.54, 1.807) is 0 Å². The van der Waals surface area contributed by atoms with E-state index in [4.69, 9.17) is 65.4 Å². The highest BCUT2D eigenvalue weighted by Gasteiger charge is 2.57. The third kappa shape index (κ3) is 13.4. The summed E-state index contributed by atoms with van der Waals surface area (Å²) in [6.45, 7) is 11.5. The summed E-state index contributed by atoms with van der Waals surface area (Å²) in [5.41, 5.74) is -0.644. The zero-order valence-corrected chi connectivity index (χ0v) is 28.8. The zero-order valence-electron chi connectivity index (χ0n) is 28.0.